The maximum Gasteiger partial charge on any atom is 0.265 e. The van der Waals surface area contributed by atoms with Crippen molar-refractivity contribution < 1.29 is 14.3 Å². The van der Waals surface area contributed by atoms with Gasteiger partial charge in [0.05, 0.1) is 9.75 Å². The summed E-state index contributed by atoms with van der Waals surface area (Å²) in [5.41, 5.74) is -0.884. The van der Waals surface area contributed by atoms with Crippen LogP contribution in [0.4, 0.5) is 4.39 Å². The summed E-state index contributed by atoms with van der Waals surface area (Å²) in [4.78, 5) is 18.8. The number of thiophene rings is 2. The summed E-state index contributed by atoms with van der Waals surface area (Å²) in [6.45, 7) is 1.98. The molecule has 0 unspecified atom stereocenters. The van der Waals surface area contributed by atoms with Gasteiger partial charge in [-0.3, -0.25) is 4.79 Å². The summed E-state index contributed by atoms with van der Waals surface area (Å²) in [6, 6.07) is 14.6. The van der Waals surface area contributed by atoms with Crippen LogP contribution in [-0.2, 0) is 16.8 Å². The van der Waals surface area contributed by atoms with Crippen molar-refractivity contribution >= 4 is 28.6 Å². The first-order chi connectivity index (χ1) is 15.0. The number of piperidine rings is 1. The Labute approximate surface area is 190 Å². The summed E-state index contributed by atoms with van der Waals surface area (Å²) in [5.74, 6) is -0.400. The highest BCUT2D eigenvalue weighted by Gasteiger charge is 2.45. The number of halogens is 1. The second-order valence-corrected chi connectivity index (χ2v) is 9.91. The minimum atomic E-state index is -1.62. The lowest BCUT2D eigenvalue weighted by Crippen LogP contribution is -2.52. The Morgan fingerprint density at radius 1 is 1.10 bits per heavy atom. The van der Waals surface area contributed by atoms with Gasteiger partial charge < -0.3 is 14.9 Å². The molecule has 1 N–H and O–H groups in total. The Kier molecular flexibility index (Phi) is 6.86. The molecule has 1 fully saturated rings. The molecule has 0 atom stereocenters. The van der Waals surface area contributed by atoms with Gasteiger partial charge in [0.1, 0.15) is 5.82 Å². The lowest BCUT2D eigenvalue weighted by Gasteiger charge is -2.39. The fourth-order valence-electron chi connectivity index (χ4n) is 4.22. The minimum absolute atomic E-state index is 0.155. The normalized spacial score (nSPS) is 15.5. The van der Waals surface area contributed by atoms with Gasteiger partial charge in [0.25, 0.3) is 5.91 Å². The van der Waals surface area contributed by atoms with Gasteiger partial charge in [0.15, 0.2) is 0 Å². The topological polar surface area (TPSA) is 43.8 Å². The van der Waals surface area contributed by atoms with E-state index in [9.17, 15) is 14.3 Å². The third-order valence-corrected chi connectivity index (χ3v) is 8.09. The van der Waals surface area contributed by atoms with Crippen molar-refractivity contribution in [3.05, 3.63) is 80.4 Å². The number of aliphatic hydroxyl groups is 1. The van der Waals surface area contributed by atoms with Crippen LogP contribution in [0.2, 0.25) is 0 Å². The van der Waals surface area contributed by atoms with E-state index in [0.717, 1.165) is 24.9 Å². The predicted octanol–water partition coefficient (Wildman–Crippen LogP) is 4.35. The molecule has 4 nitrogen and oxygen atoms in total. The highest BCUT2D eigenvalue weighted by atomic mass is 32.1. The Morgan fingerprint density at radius 2 is 1.71 bits per heavy atom. The molecule has 1 saturated heterocycles. The molecule has 4 rings (SSSR count). The van der Waals surface area contributed by atoms with E-state index in [0.29, 0.717) is 35.3 Å². The van der Waals surface area contributed by atoms with Crippen LogP contribution in [0.3, 0.4) is 0 Å². The van der Waals surface area contributed by atoms with E-state index in [1.54, 1.807) is 11.0 Å². The SMILES string of the molecule is CN(CCc1ccccc1F)C1CCN(C(=O)C(O)(c2cccs2)c2cccs2)CC1. The summed E-state index contributed by atoms with van der Waals surface area (Å²) in [6.07, 6.45) is 2.34. The van der Waals surface area contributed by atoms with Gasteiger partial charge in [-0.05, 0) is 60.8 Å². The van der Waals surface area contributed by atoms with E-state index in [1.165, 1.54) is 28.7 Å². The van der Waals surface area contributed by atoms with Gasteiger partial charge in [-0.15, -0.1) is 22.7 Å². The Morgan fingerprint density at radius 3 is 2.26 bits per heavy atom. The molecule has 0 saturated carbocycles. The number of hydrogen-bond donors (Lipinski definition) is 1. The van der Waals surface area contributed by atoms with Crippen molar-refractivity contribution in [3.63, 3.8) is 0 Å². The zero-order chi connectivity index (χ0) is 21.8. The Bertz CT molecular complexity index is 949. The number of hydrogen-bond acceptors (Lipinski definition) is 5. The summed E-state index contributed by atoms with van der Waals surface area (Å²) in [5, 5.41) is 15.3. The second-order valence-electron chi connectivity index (χ2n) is 8.01. The zero-order valence-electron chi connectivity index (χ0n) is 17.5. The van der Waals surface area contributed by atoms with Crippen molar-refractivity contribution in [1.29, 1.82) is 0 Å². The molecule has 1 aliphatic heterocycles. The predicted molar refractivity (Wildman–Crippen MR) is 124 cm³/mol. The fourth-order valence-corrected chi connectivity index (χ4v) is 5.94. The molecule has 0 spiro atoms. The Hall–Kier alpha value is -2.06. The number of carbonyl (C=O) groups excluding carboxylic acids is 1. The van der Waals surface area contributed by atoms with E-state index < -0.39 is 5.60 Å². The largest absolute Gasteiger partial charge is 0.371 e. The van der Waals surface area contributed by atoms with E-state index in [2.05, 4.69) is 11.9 Å². The first kappa shape index (κ1) is 22.1. The van der Waals surface area contributed by atoms with Gasteiger partial charge >= 0.3 is 0 Å². The lowest BCUT2D eigenvalue weighted by atomic mass is 9.95. The Balaban J connectivity index is 1.38. The lowest BCUT2D eigenvalue weighted by molar-refractivity contribution is -0.149. The maximum atomic E-state index is 13.9. The molecule has 1 aromatic carbocycles. The van der Waals surface area contributed by atoms with Crippen LogP contribution in [-0.4, -0.2) is 53.5 Å². The third-order valence-electron chi connectivity index (χ3n) is 6.13. The molecular weight excluding hydrogens is 431 g/mol. The molecule has 3 heterocycles. The molecular formula is C24H27FN2O2S2. The molecule has 0 aliphatic carbocycles. The molecule has 7 heteroatoms. The number of benzene rings is 1. The molecule has 1 amide bonds. The number of nitrogens with zero attached hydrogens (tertiary/aromatic N) is 2. The van der Waals surface area contributed by atoms with Gasteiger partial charge in [-0.1, -0.05) is 30.3 Å². The van der Waals surface area contributed by atoms with E-state index in [-0.39, 0.29) is 11.7 Å². The number of likely N-dealkylation sites (tertiary alicyclic amines) is 1. The quantitative estimate of drug-likeness (QED) is 0.573. The van der Waals surface area contributed by atoms with Crippen molar-refractivity contribution in [2.24, 2.45) is 0 Å². The maximum absolute atomic E-state index is 13.9. The standard InChI is InChI=1S/C24H27FN2O2S2/c1-26(13-10-18-6-2-3-7-20(18)25)19-11-14-27(15-12-19)23(28)24(29,21-8-4-16-30-21)22-9-5-17-31-22/h2-9,16-17,19,29H,10-15H2,1H3. The first-order valence-electron chi connectivity index (χ1n) is 10.5. The van der Waals surface area contributed by atoms with Gasteiger partial charge in [0, 0.05) is 25.7 Å². The number of likely N-dealkylation sites (N-methyl/N-ethyl adjacent to an activating group) is 1. The summed E-state index contributed by atoms with van der Waals surface area (Å²) in [7, 11) is 2.07. The van der Waals surface area contributed by atoms with E-state index in [4.69, 9.17) is 0 Å². The molecule has 31 heavy (non-hydrogen) atoms. The molecule has 0 radical (unpaired) electrons. The number of amides is 1. The zero-order valence-corrected chi connectivity index (χ0v) is 19.2. The average molecular weight is 459 g/mol. The van der Waals surface area contributed by atoms with Crippen molar-refractivity contribution in [3.8, 4) is 0 Å². The third kappa shape index (κ3) is 4.60. The van der Waals surface area contributed by atoms with Crippen molar-refractivity contribution in [2.45, 2.75) is 30.9 Å². The highest BCUT2D eigenvalue weighted by Crippen LogP contribution is 2.38. The van der Waals surface area contributed by atoms with E-state index in [1.807, 2.05) is 47.2 Å². The van der Waals surface area contributed by atoms with Crippen LogP contribution in [0, 0.1) is 5.82 Å². The number of rotatable bonds is 7. The van der Waals surface area contributed by atoms with Crippen LogP contribution in [0.25, 0.3) is 0 Å². The molecule has 164 valence electrons. The highest BCUT2D eigenvalue weighted by molar-refractivity contribution is 7.12. The van der Waals surface area contributed by atoms with Crippen LogP contribution in [0.15, 0.2) is 59.3 Å². The van der Waals surface area contributed by atoms with Gasteiger partial charge in [-0.25, -0.2) is 4.39 Å². The fraction of sp³-hybridized carbons (Fsp3) is 0.375. The van der Waals surface area contributed by atoms with Crippen LogP contribution >= 0.6 is 22.7 Å². The van der Waals surface area contributed by atoms with Crippen LogP contribution in [0.5, 0.6) is 0 Å². The summed E-state index contributed by atoms with van der Waals surface area (Å²) >= 11 is 2.80. The second kappa shape index (κ2) is 9.61. The van der Waals surface area contributed by atoms with Gasteiger partial charge in [-0.2, -0.15) is 0 Å². The molecule has 0 bridgehead atoms. The number of carbonyl (C=O) groups is 1. The molecule has 1 aliphatic rings. The van der Waals surface area contributed by atoms with Crippen LogP contribution < -0.4 is 0 Å². The average Bonchev–Trinajstić information content (AvgIpc) is 3.52. The van der Waals surface area contributed by atoms with Gasteiger partial charge in [0.2, 0.25) is 5.60 Å². The molecule has 2 aromatic heterocycles. The van der Waals surface area contributed by atoms with E-state index >= 15 is 0 Å². The van der Waals surface area contributed by atoms with Crippen LogP contribution in [0.1, 0.15) is 28.2 Å². The smallest absolute Gasteiger partial charge is 0.265 e. The first-order valence-corrected chi connectivity index (χ1v) is 12.3. The monoisotopic (exact) mass is 458 g/mol. The molecule has 3 aromatic rings. The van der Waals surface area contributed by atoms with Crippen molar-refractivity contribution in [2.75, 3.05) is 26.7 Å². The van der Waals surface area contributed by atoms with Crippen molar-refractivity contribution in [1.82, 2.24) is 9.80 Å². The summed E-state index contributed by atoms with van der Waals surface area (Å²) < 4.78 is 13.9. The minimum Gasteiger partial charge on any atom is -0.371 e.